The monoisotopic (exact) mass is 256 g/mol. The summed E-state index contributed by atoms with van der Waals surface area (Å²) >= 11 is 5.90. The third kappa shape index (κ3) is 4.97. The van der Waals surface area contributed by atoms with Crippen LogP contribution < -0.4 is 4.74 Å². The Morgan fingerprint density at radius 3 is 2.59 bits per heavy atom. The van der Waals surface area contributed by atoms with Crippen LogP contribution in [0.3, 0.4) is 0 Å². The Balaban J connectivity index is 2.58. The minimum Gasteiger partial charge on any atom is -0.493 e. The molecule has 0 unspecified atom stereocenters. The van der Waals surface area contributed by atoms with E-state index in [1.807, 2.05) is 6.07 Å². The zero-order valence-electron chi connectivity index (χ0n) is 10.7. The Kier molecular flexibility index (Phi) is 5.79. The number of rotatable bonds is 6. The molecule has 0 spiro atoms. The maximum atomic E-state index is 9.64. The summed E-state index contributed by atoms with van der Waals surface area (Å²) in [5.41, 5.74) is 0.752. The minimum absolute atomic E-state index is 0.561. The summed E-state index contributed by atoms with van der Waals surface area (Å²) in [4.78, 5) is 0. The largest absolute Gasteiger partial charge is 0.493 e. The highest BCUT2D eigenvalue weighted by molar-refractivity contribution is 6.30. The van der Waals surface area contributed by atoms with Gasteiger partial charge < -0.3 is 9.84 Å². The fraction of sp³-hybridized carbons (Fsp3) is 0.571. The summed E-state index contributed by atoms with van der Waals surface area (Å²) in [5.74, 6) is 1.42. The van der Waals surface area contributed by atoms with Gasteiger partial charge in [-0.3, -0.25) is 0 Å². The molecule has 2 nitrogen and oxygen atoms in total. The van der Waals surface area contributed by atoms with Crippen LogP contribution in [0, 0.1) is 5.92 Å². The van der Waals surface area contributed by atoms with Gasteiger partial charge in [0, 0.05) is 10.6 Å². The number of aliphatic hydroxyl groups excluding tert-OH is 1. The van der Waals surface area contributed by atoms with Crippen LogP contribution in [0.25, 0.3) is 0 Å². The molecule has 0 fully saturated rings. The van der Waals surface area contributed by atoms with Gasteiger partial charge in [-0.2, -0.15) is 0 Å². The Labute approximate surface area is 109 Å². The number of hydrogen-bond donors (Lipinski definition) is 1. The van der Waals surface area contributed by atoms with Crippen LogP contribution in [0.15, 0.2) is 18.2 Å². The molecule has 0 amide bonds. The van der Waals surface area contributed by atoms with Crippen LogP contribution in [0.1, 0.15) is 45.3 Å². The van der Waals surface area contributed by atoms with Crippen molar-refractivity contribution in [3.63, 3.8) is 0 Å². The van der Waals surface area contributed by atoms with Gasteiger partial charge >= 0.3 is 0 Å². The standard InChI is InChI=1S/C14H21ClO2/c1-10(2)5-4-8-17-14-7-6-12(15)9-13(14)11(3)16/h6-7,9-11,16H,4-5,8H2,1-3H3/t11-/m1/s1. The molecule has 0 aliphatic rings. The summed E-state index contributed by atoms with van der Waals surface area (Å²) in [6.07, 6.45) is 1.62. The van der Waals surface area contributed by atoms with Crippen molar-refractivity contribution >= 4 is 11.6 Å². The number of halogens is 1. The van der Waals surface area contributed by atoms with Crippen molar-refractivity contribution in [1.29, 1.82) is 0 Å². The molecule has 0 aliphatic heterocycles. The number of benzene rings is 1. The molecule has 0 aliphatic carbocycles. The summed E-state index contributed by atoms with van der Waals surface area (Å²) in [6, 6.07) is 5.36. The fourth-order valence-corrected chi connectivity index (χ4v) is 1.83. The van der Waals surface area contributed by atoms with Crippen molar-refractivity contribution in [3.8, 4) is 5.75 Å². The molecule has 0 saturated carbocycles. The average molecular weight is 257 g/mol. The SMILES string of the molecule is CC(C)CCCOc1ccc(Cl)cc1[C@@H](C)O. The van der Waals surface area contributed by atoms with Gasteiger partial charge in [0.25, 0.3) is 0 Å². The molecule has 0 radical (unpaired) electrons. The fourth-order valence-electron chi connectivity index (χ4n) is 1.65. The van der Waals surface area contributed by atoms with E-state index in [-0.39, 0.29) is 0 Å². The highest BCUT2D eigenvalue weighted by atomic mass is 35.5. The zero-order chi connectivity index (χ0) is 12.8. The van der Waals surface area contributed by atoms with Gasteiger partial charge in [-0.05, 0) is 43.9 Å². The number of aliphatic hydroxyl groups is 1. The molecular weight excluding hydrogens is 236 g/mol. The van der Waals surface area contributed by atoms with Crippen LogP contribution in [-0.2, 0) is 0 Å². The second kappa shape index (κ2) is 6.87. The first-order valence-electron chi connectivity index (χ1n) is 6.11. The van der Waals surface area contributed by atoms with E-state index >= 15 is 0 Å². The van der Waals surface area contributed by atoms with Crippen molar-refractivity contribution in [2.75, 3.05) is 6.61 Å². The Hall–Kier alpha value is -0.730. The molecule has 1 rings (SSSR count). The molecule has 96 valence electrons. The predicted octanol–water partition coefficient (Wildman–Crippen LogP) is 4.21. The first-order valence-corrected chi connectivity index (χ1v) is 6.48. The van der Waals surface area contributed by atoms with Crippen molar-refractivity contribution in [1.82, 2.24) is 0 Å². The molecule has 1 atom stereocenters. The van der Waals surface area contributed by atoms with E-state index in [1.54, 1.807) is 19.1 Å². The van der Waals surface area contributed by atoms with Crippen molar-refractivity contribution < 1.29 is 9.84 Å². The smallest absolute Gasteiger partial charge is 0.125 e. The molecule has 0 aromatic heterocycles. The number of hydrogen-bond acceptors (Lipinski definition) is 2. The maximum Gasteiger partial charge on any atom is 0.125 e. The lowest BCUT2D eigenvalue weighted by atomic mass is 10.1. The normalized spacial score (nSPS) is 12.8. The van der Waals surface area contributed by atoms with E-state index in [2.05, 4.69) is 13.8 Å². The highest BCUT2D eigenvalue weighted by Gasteiger charge is 2.09. The van der Waals surface area contributed by atoms with Gasteiger partial charge in [0.05, 0.1) is 12.7 Å². The summed E-state index contributed by atoms with van der Waals surface area (Å²) in [6.45, 7) is 6.79. The van der Waals surface area contributed by atoms with Gasteiger partial charge in [0.15, 0.2) is 0 Å². The molecule has 1 N–H and O–H groups in total. The predicted molar refractivity (Wildman–Crippen MR) is 71.7 cm³/mol. The molecule has 3 heteroatoms. The maximum absolute atomic E-state index is 9.64. The molecule has 0 saturated heterocycles. The zero-order valence-corrected chi connectivity index (χ0v) is 11.5. The lowest BCUT2D eigenvalue weighted by Crippen LogP contribution is -2.03. The van der Waals surface area contributed by atoms with Gasteiger partial charge in [-0.15, -0.1) is 0 Å². The van der Waals surface area contributed by atoms with Gasteiger partial charge in [-0.1, -0.05) is 25.4 Å². The molecular formula is C14H21ClO2. The highest BCUT2D eigenvalue weighted by Crippen LogP contribution is 2.28. The second-order valence-electron chi connectivity index (χ2n) is 4.74. The Morgan fingerprint density at radius 1 is 1.29 bits per heavy atom. The average Bonchev–Trinajstić information content (AvgIpc) is 2.25. The second-order valence-corrected chi connectivity index (χ2v) is 5.18. The van der Waals surface area contributed by atoms with Crippen LogP contribution in [0.5, 0.6) is 5.75 Å². The van der Waals surface area contributed by atoms with Crippen molar-refractivity contribution in [2.24, 2.45) is 5.92 Å². The van der Waals surface area contributed by atoms with Crippen molar-refractivity contribution in [3.05, 3.63) is 28.8 Å². The first-order chi connectivity index (χ1) is 8.00. The van der Waals surface area contributed by atoms with Gasteiger partial charge in [0.2, 0.25) is 0 Å². The molecule has 17 heavy (non-hydrogen) atoms. The Bertz CT molecular complexity index is 348. The van der Waals surface area contributed by atoms with Crippen LogP contribution >= 0.6 is 11.6 Å². The van der Waals surface area contributed by atoms with Gasteiger partial charge in [-0.25, -0.2) is 0 Å². The van der Waals surface area contributed by atoms with Gasteiger partial charge in [0.1, 0.15) is 5.75 Å². The molecule has 1 aromatic rings. The molecule has 0 bridgehead atoms. The number of ether oxygens (including phenoxy) is 1. The van der Waals surface area contributed by atoms with E-state index in [4.69, 9.17) is 16.3 Å². The van der Waals surface area contributed by atoms with E-state index in [0.29, 0.717) is 17.5 Å². The lowest BCUT2D eigenvalue weighted by molar-refractivity contribution is 0.190. The van der Waals surface area contributed by atoms with Crippen LogP contribution in [-0.4, -0.2) is 11.7 Å². The summed E-state index contributed by atoms with van der Waals surface area (Å²) < 4.78 is 5.69. The third-order valence-electron chi connectivity index (χ3n) is 2.61. The summed E-state index contributed by atoms with van der Waals surface area (Å²) in [5, 5.41) is 10.3. The summed E-state index contributed by atoms with van der Waals surface area (Å²) in [7, 11) is 0. The topological polar surface area (TPSA) is 29.5 Å². The third-order valence-corrected chi connectivity index (χ3v) is 2.84. The minimum atomic E-state index is -0.561. The van der Waals surface area contributed by atoms with E-state index in [9.17, 15) is 5.11 Å². The molecule has 1 aromatic carbocycles. The van der Waals surface area contributed by atoms with Crippen molar-refractivity contribution in [2.45, 2.75) is 39.7 Å². The van der Waals surface area contributed by atoms with Crippen LogP contribution in [0.4, 0.5) is 0 Å². The van der Waals surface area contributed by atoms with Crippen LogP contribution in [0.2, 0.25) is 5.02 Å². The van der Waals surface area contributed by atoms with E-state index < -0.39 is 6.10 Å². The lowest BCUT2D eigenvalue weighted by Gasteiger charge is -2.14. The van der Waals surface area contributed by atoms with E-state index in [0.717, 1.165) is 24.2 Å². The Morgan fingerprint density at radius 2 is 2.00 bits per heavy atom. The van der Waals surface area contributed by atoms with E-state index in [1.165, 1.54) is 0 Å². The quantitative estimate of drug-likeness (QED) is 0.773. The molecule has 0 heterocycles. The first kappa shape index (κ1) is 14.3.